The predicted octanol–water partition coefficient (Wildman–Crippen LogP) is 8.37. The number of halogens is 6. The van der Waals surface area contributed by atoms with Crippen LogP contribution in [0.1, 0.15) is 54.7 Å². The molecule has 0 spiro atoms. The number of hydrogen-bond acceptors (Lipinski definition) is 6. The number of aromatic nitrogens is 2. The Morgan fingerprint density at radius 1 is 1.02 bits per heavy atom. The molecule has 0 bridgehead atoms. The number of nitrogens with zero attached hydrogens (tertiary/aromatic N) is 2. The number of ether oxygens (including phenoxy) is 3. The van der Waals surface area contributed by atoms with Gasteiger partial charge in [-0.3, -0.25) is 9.78 Å². The number of rotatable bonds is 7. The van der Waals surface area contributed by atoms with Crippen LogP contribution in [0, 0.1) is 6.92 Å². The number of pyridine rings is 2. The van der Waals surface area contributed by atoms with E-state index in [2.05, 4.69) is 9.72 Å². The molecule has 1 aliphatic heterocycles. The van der Waals surface area contributed by atoms with E-state index in [1.807, 2.05) is 6.07 Å². The average Bonchev–Trinajstić information content (AvgIpc) is 3.00. The quantitative estimate of drug-likeness (QED) is 0.170. The van der Waals surface area contributed by atoms with Crippen LogP contribution in [0.4, 0.5) is 26.3 Å². The normalized spacial score (nSPS) is 14.1. The Morgan fingerprint density at radius 2 is 1.76 bits per heavy atom. The van der Waals surface area contributed by atoms with Gasteiger partial charge in [0.05, 0.1) is 35.3 Å². The summed E-state index contributed by atoms with van der Waals surface area (Å²) in [6.07, 6.45) is -9.48. The Kier molecular flexibility index (Phi) is 8.57. The summed E-state index contributed by atoms with van der Waals surface area (Å²) in [5.41, 5.74) is -0.649. The predicted molar refractivity (Wildman–Crippen MR) is 171 cm³/mol. The first kappa shape index (κ1) is 34.7. The van der Waals surface area contributed by atoms with Crippen molar-refractivity contribution in [2.75, 3.05) is 6.61 Å². The van der Waals surface area contributed by atoms with E-state index in [1.54, 1.807) is 46.0 Å². The zero-order chi connectivity index (χ0) is 36.3. The van der Waals surface area contributed by atoms with Crippen LogP contribution >= 0.6 is 0 Å². The Hall–Kier alpha value is -5.11. The van der Waals surface area contributed by atoms with Crippen molar-refractivity contribution < 1.29 is 50.5 Å². The Labute approximate surface area is 280 Å². The maximum absolute atomic E-state index is 13.7. The number of carboxylic acid groups (broad SMARTS) is 1. The molecule has 262 valence electrons. The second-order valence-electron chi connectivity index (χ2n) is 12.9. The van der Waals surface area contributed by atoms with Crippen molar-refractivity contribution in [2.24, 2.45) is 0 Å². The number of carbonyl (C=O) groups is 1. The second-order valence-corrected chi connectivity index (χ2v) is 12.9. The molecule has 3 heterocycles. The van der Waals surface area contributed by atoms with E-state index in [-0.39, 0.29) is 16.5 Å². The molecular weight excluding hydrogens is 670 g/mol. The third kappa shape index (κ3) is 6.71. The largest absolute Gasteiger partial charge is 0.573 e. The van der Waals surface area contributed by atoms with E-state index in [0.29, 0.717) is 64.6 Å². The van der Waals surface area contributed by atoms with Crippen molar-refractivity contribution in [3.05, 3.63) is 99.0 Å². The molecule has 0 saturated heterocycles. The number of fused-ring (bicyclic) bond motifs is 1. The lowest BCUT2D eigenvalue weighted by Gasteiger charge is -2.29. The number of aryl methyl sites for hydroxylation is 1. The van der Waals surface area contributed by atoms with Crippen LogP contribution in [0.5, 0.6) is 11.5 Å². The number of alkyl halides is 6. The molecule has 14 heteroatoms. The number of carboxylic acids is 1. The minimum atomic E-state index is -5.23. The van der Waals surface area contributed by atoms with Gasteiger partial charge in [-0.2, -0.15) is 13.2 Å². The topological polar surface area (TPSA) is 99.9 Å². The lowest BCUT2D eigenvalue weighted by Crippen LogP contribution is -2.28. The summed E-state index contributed by atoms with van der Waals surface area (Å²) in [6, 6.07) is 10.8. The number of aliphatic carboxylic acids is 1. The smallest absolute Gasteiger partial charge is 0.493 e. The molecule has 50 heavy (non-hydrogen) atoms. The highest BCUT2D eigenvalue weighted by Gasteiger charge is 2.36. The first-order valence-corrected chi connectivity index (χ1v) is 15.4. The molecule has 3 aromatic carbocycles. The van der Waals surface area contributed by atoms with Gasteiger partial charge in [-0.15, -0.1) is 13.2 Å². The highest BCUT2D eigenvalue weighted by atomic mass is 19.4. The summed E-state index contributed by atoms with van der Waals surface area (Å²) in [4.78, 5) is 31.0. The van der Waals surface area contributed by atoms with Crippen molar-refractivity contribution in [2.45, 2.75) is 64.9 Å². The average molecular weight is 701 g/mol. The zero-order valence-corrected chi connectivity index (χ0v) is 27.1. The highest BCUT2D eigenvalue weighted by molar-refractivity contribution is 6.08. The van der Waals surface area contributed by atoms with Crippen LogP contribution < -0.4 is 15.0 Å². The van der Waals surface area contributed by atoms with Gasteiger partial charge in [0.2, 0.25) is 0 Å². The minimum absolute atomic E-state index is 0.112. The van der Waals surface area contributed by atoms with Crippen molar-refractivity contribution in [3.63, 3.8) is 0 Å². The molecule has 0 fully saturated rings. The first-order chi connectivity index (χ1) is 23.3. The summed E-state index contributed by atoms with van der Waals surface area (Å²) < 4.78 is 98.2. The Bertz CT molecular complexity index is 2210. The zero-order valence-electron chi connectivity index (χ0n) is 27.1. The van der Waals surface area contributed by atoms with Gasteiger partial charge >= 0.3 is 18.5 Å². The molecule has 1 N–H and O–H groups in total. The fraction of sp³-hybridized carbons (Fsp3) is 0.306. The molecule has 0 saturated carbocycles. The van der Waals surface area contributed by atoms with Gasteiger partial charge in [0.25, 0.3) is 5.56 Å². The van der Waals surface area contributed by atoms with Crippen molar-refractivity contribution in [3.8, 4) is 22.6 Å². The second kappa shape index (κ2) is 12.3. The van der Waals surface area contributed by atoms with Crippen LogP contribution in [0.2, 0.25) is 0 Å². The lowest BCUT2D eigenvalue weighted by molar-refractivity contribution is -0.274. The molecule has 0 radical (unpaired) electrons. The molecule has 1 aliphatic rings. The van der Waals surface area contributed by atoms with Crippen molar-refractivity contribution in [1.82, 2.24) is 9.55 Å². The summed E-state index contributed by atoms with van der Waals surface area (Å²) >= 11 is 0. The third-order valence-electron chi connectivity index (χ3n) is 8.28. The van der Waals surface area contributed by atoms with Crippen LogP contribution in [0.3, 0.4) is 0 Å². The van der Waals surface area contributed by atoms with Crippen LogP contribution in [-0.4, -0.2) is 39.2 Å². The van der Waals surface area contributed by atoms with Crippen LogP contribution in [-0.2, 0) is 28.7 Å². The van der Waals surface area contributed by atoms with Crippen LogP contribution in [0.15, 0.2) is 65.6 Å². The molecular formula is C36H30F6N2O6. The molecule has 5 aromatic rings. The molecule has 0 aliphatic carbocycles. The van der Waals surface area contributed by atoms with E-state index in [4.69, 9.17) is 9.47 Å². The lowest BCUT2D eigenvalue weighted by atomic mass is 9.86. The van der Waals surface area contributed by atoms with E-state index in [1.165, 1.54) is 12.1 Å². The fourth-order valence-corrected chi connectivity index (χ4v) is 6.34. The van der Waals surface area contributed by atoms with E-state index >= 15 is 0 Å². The van der Waals surface area contributed by atoms with Gasteiger partial charge in [-0.25, -0.2) is 4.79 Å². The maximum Gasteiger partial charge on any atom is 0.573 e. The molecule has 0 amide bonds. The van der Waals surface area contributed by atoms with E-state index < -0.39 is 59.2 Å². The summed E-state index contributed by atoms with van der Waals surface area (Å²) in [5, 5.41) is 11.5. The van der Waals surface area contributed by atoms with Gasteiger partial charge < -0.3 is 23.9 Å². The van der Waals surface area contributed by atoms with Crippen molar-refractivity contribution >= 4 is 27.8 Å². The number of benzene rings is 3. The summed E-state index contributed by atoms with van der Waals surface area (Å²) in [7, 11) is 0. The Morgan fingerprint density at radius 3 is 2.42 bits per heavy atom. The van der Waals surface area contributed by atoms with E-state index in [9.17, 15) is 41.0 Å². The highest BCUT2D eigenvalue weighted by Crippen LogP contribution is 2.45. The van der Waals surface area contributed by atoms with Gasteiger partial charge in [0.15, 0.2) is 6.10 Å². The number of hydrogen-bond donors (Lipinski definition) is 1. The van der Waals surface area contributed by atoms with E-state index in [0.717, 1.165) is 16.2 Å². The molecule has 0 unspecified atom stereocenters. The molecule has 1 atom stereocenters. The summed E-state index contributed by atoms with van der Waals surface area (Å²) in [5.74, 6) is -1.66. The summed E-state index contributed by atoms with van der Waals surface area (Å²) in [6.45, 7) is 6.34. The molecule has 8 nitrogen and oxygen atoms in total. The van der Waals surface area contributed by atoms with Gasteiger partial charge in [-0.05, 0) is 92.9 Å². The Balaban J connectivity index is 1.69. The molecule has 2 aromatic heterocycles. The van der Waals surface area contributed by atoms with Crippen LogP contribution in [0.25, 0.3) is 32.9 Å². The van der Waals surface area contributed by atoms with Gasteiger partial charge in [0.1, 0.15) is 11.5 Å². The maximum atomic E-state index is 13.7. The van der Waals surface area contributed by atoms with Crippen molar-refractivity contribution in [1.29, 1.82) is 0 Å². The van der Waals surface area contributed by atoms with Gasteiger partial charge in [-0.1, -0.05) is 0 Å². The standard InChI is InChI=1S/C36H30F6N2O6/c1-18-15-24-22(7-10-27(45)44(24)17-20-16-21(35(37,38)39)5-8-25(20)49-36(40,41)42)30(28(18)32(33(46)47)50-34(2,3)4)23-6-9-26-29-19(12-14-48-26)11-13-43-31(23)29/h5-11,13,15-16,32H,12,14,17H2,1-4H3,(H,46,47)/t32-/m0/s1. The molecule has 6 rings (SSSR count). The monoisotopic (exact) mass is 700 g/mol. The third-order valence-corrected chi connectivity index (χ3v) is 8.28. The first-order valence-electron chi connectivity index (χ1n) is 15.4. The minimum Gasteiger partial charge on any atom is -0.493 e. The SMILES string of the molecule is Cc1cc2c(ccc(=O)n2Cc2cc(C(F)(F)F)ccc2OC(F)(F)F)c(-c2ccc3c4c(ccnc24)CCO3)c1[C@H](OC(C)(C)C)C(=O)O. The van der Waals surface area contributed by atoms with Gasteiger partial charge in [0, 0.05) is 46.1 Å². The fourth-order valence-electron chi connectivity index (χ4n) is 6.34.